The second kappa shape index (κ2) is 11.3. The van der Waals surface area contributed by atoms with Gasteiger partial charge in [-0.25, -0.2) is 9.97 Å². The topological polar surface area (TPSA) is 52.6 Å². The van der Waals surface area contributed by atoms with Gasteiger partial charge in [0.2, 0.25) is 5.91 Å². The molecule has 180 valence electrons. The molecule has 3 aromatic rings. The maximum atomic E-state index is 13.0. The molecule has 1 saturated heterocycles. The molecule has 2 aromatic carbocycles. The Morgan fingerprint density at radius 2 is 1.82 bits per heavy atom. The molecule has 1 amide bonds. The van der Waals surface area contributed by atoms with E-state index < -0.39 is 0 Å². The van der Waals surface area contributed by atoms with Crippen molar-refractivity contribution in [3.63, 3.8) is 0 Å². The molecule has 4 rings (SSSR count). The van der Waals surface area contributed by atoms with E-state index in [4.69, 9.17) is 9.97 Å². The molecule has 34 heavy (non-hydrogen) atoms. The lowest BCUT2D eigenvalue weighted by Gasteiger charge is -2.35. The van der Waals surface area contributed by atoms with Crippen molar-refractivity contribution >= 4 is 38.6 Å². The van der Waals surface area contributed by atoms with Crippen molar-refractivity contribution in [3.8, 4) is 11.4 Å². The van der Waals surface area contributed by atoms with Gasteiger partial charge in [0.25, 0.3) is 0 Å². The van der Waals surface area contributed by atoms with Gasteiger partial charge in [0.1, 0.15) is 5.82 Å². The minimum absolute atomic E-state index is 0.232. The van der Waals surface area contributed by atoms with Gasteiger partial charge >= 0.3 is 0 Å². The molecule has 1 fully saturated rings. The number of fused-ring (bicyclic) bond motifs is 1. The van der Waals surface area contributed by atoms with Gasteiger partial charge in [0.15, 0.2) is 5.82 Å². The Morgan fingerprint density at radius 3 is 2.53 bits per heavy atom. The van der Waals surface area contributed by atoms with Crippen LogP contribution in [0.1, 0.15) is 27.2 Å². The Labute approximate surface area is 211 Å². The van der Waals surface area contributed by atoms with Crippen LogP contribution in [0.5, 0.6) is 0 Å². The number of hydrogen-bond donors (Lipinski definition) is 0. The van der Waals surface area contributed by atoms with E-state index in [0.717, 1.165) is 66.0 Å². The molecule has 0 saturated carbocycles. The fourth-order valence-electron chi connectivity index (χ4n) is 4.48. The van der Waals surface area contributed by atoms with Crippen molar-refractivity contribution in [2.45, 2.75) is 27.2 Å². The van der Waals surface area contributed by atoms with E-state index in [-0.39, 0.29) is 5.91 Å². The van der Waals surface area contributed by atoms with Crippen LogP contribution in [-0.4, -0.2) is 71.5 Å². The molecule has 0 bridgehead atoms. The van der Waals surface area contributed by atoms with Gasteiger partial charge in [0.05, 0.1) is 5.52 Å². The van der Waals surface area contributed by atoms with Crippen LogP contribution in [0.3, 0.4) is 0 Å². The number of carbonyl (C=O) groups is 1. The van der Waals surface area contributed by atoms with Crippen molar-refractivity contribution in [2.24, 2.45) is 5.92 Å². The van der Waals surface area contributed by atoms with E-state index in [9.17, 15) is 4.79 Å². The van der Waals surface area contributed by atoms with Gasteiger partial charge in [-0.1, -0.05) is 61.0 Å². The summed E-state index contributed by atoms with van der Waals surface area (Å²) in [5.41, 5.74) is 1.88. The normalized spacial score (nSPS) is 14.7. The predicted octanol–water partition coefficient (Wildman–Crippen LogP) is 5.08. The maximum Gasteiger partial charge on any atom is 0.224 e. The number of amides is 1. The molecule has 0 aliphatic carbocycles. The van der Waals surface area contributed by atoms with Gasteiger partial charge in [0, 0.05) is 61.1 Å². The largest absolute Gasteiger partial charge is 0.355 e. The number of aromatic nitrogens is 2. The van der Waals surface area contributed by atoms with E-state index >= 15 is 0 Å². The van der Waals surface area contributed by atoms with Crippen molar-refractivity contribution in [1.29, 1.82) is 0 Å². The van der Waals surface area contributed by atoms with Gasteiger partial charge in [-0.3, -0.25) is 4.79 Å². The fraction of sp³-hybridized carbons (Fsp3) is 0.444. The SMILES string of the molecule is CCN1CCN(C(=O)CCN(CC(C)C)c2nc(-c3cccc(Br)c3)nc3ccccc23)CC1. The van der Waals surface area contributed by atoms with Gasteiger partial charge in [-0.15, -0.1) is 0 Å². The average Bonchev–Trinajstić information content (AvgIpc) is 2.85. The highest BCUT2D eigenvalue weighted by Gasteiger charge is 2.22. The maximum absolute atomic E-state index is 13.0. The highest BCUT2D eigenvalue weighted by atomic mass is 79.9. The number of likely N-dealkylation sites (N-methyl/N-ethyl adjacent to an activating group) is 1. The fourth-order valence-corrected chi connectivity index (χ4v) is 4.88. The van der Waals surface area contributed by atoms with E-state index in [0.29, 0.717) is 24.7 Å². The Hall–Kier alpha value is -2.51. The third-order valence-electron chi connectivity index (χ3n) is 6.32. The molecule has 1 aliphatic heterocycles. The summed E-state index contributed by atoms with van der Waals surface area (Å²) in [6.07, 6.45) is 0.489. The molecule has 0 N–H and O–H groups in total. The molecule has 1 aromatic heterocycles. The number of piperazine rings is 1. The molecule has 2 heterocycles. The number of para-hydroxylation sites is 1. The Kier molecular flexibility index (Phi) is 8.16. The zero-order valence-corrected chi connectivity index (χ0v) is 22.0. The van der Waals surface area contributed by atoms with Gasteiger partial charge in [-0.05, 0) is 36.7 Å². The van der Waals surface area contributed by atoms with Gasteiger partial charge < -0.3 is 14.7 Å². The summed E-state index contributed by atoms with van der Waals surface area (Å²) >= 11 is 3.57. The standard InChI is InChI=1S/C27H34BrN5O/c1-4-31-14-16-32(17-15-31)25(34)12-13-33(19-20(2)3)27-23-10-5-6-11-24(23)29-26(30-27)21-8-7-9-22(28)18-21/h5-11,18,20H,4,12-17,19H2,1-3H3. The number of benzene rings is 2. The molecule has 1 aliphatic rings. The van der Waals surface area contributed by atoms with Crippen molar-refractivity contribution < 1.29 is 4.79 Å². The summed E-state index contributed by atoms with van der Waals surface area (Å²) in [6.45, 7) is 12.7. The van der Waals surface area contributed by atoms with Crippen molar-refractivity contribution in [1.82, 2.24) is 19.8 Å². The minimum Gasteiger partial charge on any atom is -0.355 e. The molecule has 0 spiro atoms. The Balaban J connectivity index is 1.62. The molecule has 0 atom stereocenters. The van der Waals surface area contributed by atoms with E-state index in [1.807, 2.05) is 47.4 Å². The summed E-state index contributed by atoms with van der Waals surface area (Å²) < 4.78 is 0.996. The number of nitrogens with zero attached hydrogens (tertiary/aromatic N) is 5. The number of anilines is 1. The van der Waals surface area contributed by atoms with Crippen molar-refractivity contribution in [2.75, 3.05) is 50.7 Å². The highest BCUT2D eigenvalue weighted by Crippen LogP contribution is 2.29. The summed E-state index contributed by atoms with van der Waals surface area (Å²) in [4.78, 5) is 29.6. The summed E-state index contributed by atoms with van der Waals surface area (Å²) in [5.74, 6) is 2.27. The number of rotatable bonds is 8. The summed E-state index contributed by atoms with van der Waals surface area (Å²) in [7, 11) is 0. The molecule has 0 unspecified atom stereocenters. The first-order chi connectivity index (χ1) is 16.4. The van der Waals surface area contributed by atoms with Crippen LogP contribution in [0.4, 0.5) is 5.82 Å². The Bertz CT molecular complexity index is 1130. The average molecular weight is 525 g/mol. The lowest BCUT2D eigenvalue weighted by Crippen LogP contribution is -2.49. The first-order valence-electron chi connectivity index (χ1n) is 12.2. The lowest BCUT2D eigenvalue weighted by atomic mass is 10.1. The Morgan fingerprint density at radius 1 is 1.06 bits per heavy atom. The van der Waals surface area contributed by atoms with Gasteiger partial charge in [-0.2, -0.15) is 0 Å². The number of carbonyl (C=O) groups excluding carboxylic acids is 1. The third kappa shape index (κ3) is 5.94. The second-order valence-electron chi connectivity index (χ2n) is 9.30. The molecule has 6 nitrogen and oxygen atoms in total. The minimum atomic E-state index is 0.232. The first kappa shape index (κ1) is 24.6. The monoisotopic (exact) mass is 523 g/mol. The van der Waals surface area contributed by atoms with E-state index in [1.54, 1.807) is 0 Å². The van der Waals surface area contributed by atoms with Crippen LogP contribution < -0.4 is 4.90 Å². The molecule has 7 heteroatoms. The van der Waals surface area contributed by atoms with E-state index in [1.165, 1.54) is 0 Å². The smallest absolute Gasteiger partial charge is 0.224 e. The summed E-state index contributed by atoms with van der Waals surface area (Å²) in [5, 5.41) is 1.02. The quantitative estimate of drug-likeness (QED) is 0.412. The molecular formula is C27H34BrN5O. The number of hydrogen-bond acceptors (Lipinski definition) is 5. The van der Waals surface area contributed by atoms with Crippen LogP contribution in [0.15, 0.2) is 53.0 Å². The molecule has 0 radical (unpaired) electrons. The third-order valence-corrected chi connectivity index (χ3v) is 6.81. The van der Waals surface area contributed by atoms with E-state index in [2.05, 4.69) is 52.6 Å². The van der Waals surface area contributed by atoms with Crippen LogP contribution in [0, 0.1) is 5.92 Å². The lowest BCUT2D eigenvalue weighted by molar-refractivity contribution is -0.132. The first-order valence-corrected chi connectivity index (χ1v) is 13.0. The second-order valence-corrected chi connectivity index (χ2v) is 10.2. The predicted molar refractivity (Wildman–Crippen MR) is 143 cm³/mol. The number of halogens is 1. The molecular weight excluding hydrogens is 490 g/mol. The zero-order chi connectivity index (χ0) is 24.1. The van der Waals surface area contributed by atoms with Crippen LogP contribution in [-0.2, 0) is 4.79 Å². The summed E-state index contributed by atoms with van der Waals surface area (Å²) in [6, 6.07) is 16.2. The van der Waals surface area contributed by atoms with Crippen molar-refractivity contribution in [3.05, 3.63) is 53.0 Å². The van der Waals surface area contributed by atoms with Crippen LogP contribution >= 0.6 is 15.9 Å². The highest BCUT2D eigenvalue weighted by molar-refractivity contribution is 9.10. The van der Waals surface area contributed by atoms with Crippen LogP contribution in [0.25, 0.3) is 22.3 Å². The van der Waals surface area contributed by atoms with Crippen LogP contribution in [0.2, 0.25) is 0 Å². The zero-order valence-electron chi connectivity index (χ0n) is 20.4.